The summed E-state index contributed by atoms with van der Waals surface area (Å²) in [6.45, 7) is 2.76. The van der Waals surface area contributed by atoms with Crippen molar-refractivity contribution in [1.82, 2.24) is 19.7 Å². The van der Waals surface area contributed by atoms with Crippen LogP contribution in [0.4, 0.5) is 0 Å². The Hall–Kier alpha value is -2.27. The number of aryl methyl sites for hydroxylation is 1. The Morgan fingerprint density at radius 2 is 2.17 bits per heavy atom. The highest BCUT2D eigenvalue weighted by Gasteiger charge is 2.31. The summed E-state index contributed by atoms with van der Waals surface area (Å²) in [7, 11) is 0. The molecule has 0 saturated heterocycles. The second kappa shape index (κ2) is 5.42. The van der Waals surface area contributed by atoms with Crippen LogP contribution in [0, 0.1) is 0 Å². The molecule has 0 spiro atoms. The van der Waals surface area contributed by atoms with Crippen LogP contribution < -0.4 is 0 Å². The van der Waals surface area contributed by atoms with Gasteiger partial charge in [0.2, 0.25) is 0 Å². The van der Waals surface area contributed by atoms with Gasteiger partial charge in [-0.3, -0.25) is 9.78 Å². The predicted octanol–water partition coefficient (Wildman–Crippen LogP) is 3.86. The van der Waals surface area contributed by atoms with E-state index < -0.39 is 0 Å². The second-order valence-electron chi connectivity index (χ2n) is 5.77. The van der Waals surface area contributed by atoms with Crippen molar-refractivity contribution in [3.63, 3.8) is 0 Å². The molecule has 1 aliphatic rings. The number of halogens is 1. The zero-order valence-corrected chi connectivity index (χ0v) is 13.4. The van der Waals surface area contributed by atoms with E-state index in [0.29, 0.717) is 16.5 Å². The quantitative estimate of drug-likeness (QED) is 0.683. The van der Waals surface area contributed by atoms with Gasteiger partial charge >= 0.3 is 0 Å². The average Bonchev–Trinajstić information content (AvgIpc) is 3.33. The first-order chi connectivity index (χ1) is 11.2. The third-order valence-corrected chi connectivity index (χ3v) is 4.43. The molecule has 0 atom stereocenters. The predicted molar refractivity (Wildman–Crippen MR) is 88.8 cm³/mol. The maximum Gasteiger partial charge on any atom is 0.158 e. The minimum Gasteiger partial charge on any atom is -0.298 e. The molecule has 3 heterocycles. The lowest BCUT2D eigenvalue weighted by atomic mass is 9.96. The average molecular weight is 327 g/mol. The lowest BCUT2D eigenvalue weighted by molar-refractivity contribution is 0.112. The zero-order valence-electron chi connectivity index (χ0n) is 12.7. The molecule has 1 saturated carbocycles. The topological polar surface area (TPSA) is 60.7 Å². The normalized spacial score (nSPS) is 14.3. The van der Waals surface area contributed by atoms with Crippen molar-refractivity contribution >= 4 is 28.9 Å². The molecule has 3 aromatic rings. The monoisotopic (exact) mass is 326 g/mol. The van der Waals surface area contributed by atoms with Gasteiger partial charge < -0.3 is 0 Å². The van der Waals surface area contributed by atoms with Crippen molar-refractivity contribution in [2.75, 3.05) is 0 Å². The molecular weight excluding hydrogens is 312 g/mol. The Morgan fingerprint density at radius 1 is 1.35 bits per heavy atom. The molecule has 0 unspecified atom stereocenters. The molecule has 0 N–H and O–H groups in total. The summed E-state index contributed by atoms with van der Waals surface area (Å²) in [5.74, 6) is 0.366. The van der Waals surface area contributed by atoms with Gasteiger partial charge in [-0.05, 0) is 25.8 Å². The third kappa shape index (κ3) is 2.32. The minimum atomic E-state index is 0.366. The lowest BCUT2D eigenvalue weighted by Gasteiger charge is -2.12. The summed E-state index contributed by atoms with van der Waals surface area (Å²) in [5.41, 5.74) is 3.98. The van der Waals surface area contributed by atoms with Crippen molar-refractivity contribution in [2.24, 2.45) is 0 Å². The van der Waals surface area contributed by atoms with Crippen molar-refractivity contribution in [1.29, 1.82) is 0 Å². The molecule has 0 aliphatic heterocycles. The Morgan fingerprint density at radius 3 is 2.83 bits per heavy atom. The van der Waals surface area contributed by atoms with E-state index in [1.807, 2.05) is 17.7 Å². The largest absolute Gasteiger partial charge is 0.298 e. The molecule has 5 nitrogen and oxygen atoms in total. The summed E-state index contributed by atoms with van der Waals surface area (Å²) in [6.07, 6.45) is 8.14. The lowest BCUT2D eigenvalue weighted by Crippen LogP contribution is -2.04. The molecule has 6 heteroatoms. The molecule has 0 aromatic carbocycles. The number of rotatable bonds is 4. The van der Waals surface area contributed by atoms with Crippen molar-refractivity contribution in [2.45, 2.75) is 32.2 Å². The molecule has 1 aliphatic carbocycles. The number of aldehydes is 1. The molecule has 0 radical (unpaired) electrons. The Balaban J connectivity index is 2.10. The number of hydrogen-bond donors (Lipinski definition) is 0. The molecule has 0 bridgehead atoms. The van der Waals surface area contributed by atoms with E-state index in [1.54, 1.807) is 18.6 Å². The number of carbonyl (C=O) groups is 1. The van der Waals surface area contributed by atoms with Crippen LogP contribution in [-0.2, 0) is 6.54 Å². The molecule has 4 rings (SSSR count). The van der Waals surface area contributed by atoms with E-state index in [2.05, 4.69) is 10.1 Å². The van der Waals surface area contributed by atoms with Crippen LogP contribution in [0.25, 0.3) is 22.2 Å². The van der Waals surface area contributed by atoms with Crippen LogP contribution in [0.1, 0.15) is 41.7 Å². The van der Waals surface area contributed by atoms with Crippen LogP contribution in [-0.4, -0.2) is 26.0 Å². The minimum absolute atomic E-state index is 0.366. The van der Waals surface area contributed by atoms with Crippen molar-refractivity contribution < 1.29 is 4.79 Å². The van der Waals surface area contributed by atoms with Crippen molar-refractivity contribution in [3.05, 3.63) is 40.9 Å². The van der Waals surface area contributed by atoms with E-state index in [9.17, 15) is 4.79 Å². The van der Waals surface area contributed by atoms with Crippen LogP contribution in [0.3, 0.4) is 0 Å². The highest BCUT2D eigenvalue weighted by Crippen LogP contribution is 2.44. The van der Waals surface area contributed by atoms with Gasteiger partial charge in [0, 0.05) is 46.9 Å². The molecule has 116 valence electrons. The highest BCUT2D eigenvalue weighted by atomic mass is 35.5. The Bertz CT molecular complexity index is 914. The maximum atomic E-state index is 11.8. The molecule has 1 fully saturated rings. The third-order valence-electron chi connectivity index (χ3n) is 4.23. The Labute approximate surface area is 138 Å². The summed E-state index contributed by atoms with van der Waals surface area (Å²) >= 11 is 6.10. The van der Waals surface area contributed by atoms with Crippen LogP contribution in [0.2, 0.25) is 5.02 Å². The van der Waals surface area contributed by atoms with Gasteiger partial charge in [0.15, 0.2) is 11.9 Å². The fourth-order valence-electron chi connectivity index (χ4n) is 3.00. The van der Waals surface area contributed by atoms with Gasteiger partial charge in [-0.2, -0.15) is 5.10 Å². The van der Waals surface area contributed by atoms with Gasteiger partial charge in [0.25, 0.3) is 0 Å². The van der Waals surface area contributed by atoms with E-state index in [-0.39, 0.29) is 0 Å². The van der Waals surface area contributed by atoms with E-state index in [1.165, 1.54) is 0 Å². The number of carbonyl (C=O) groups excluding carboxylic acids is 1. The maximum absolute atomic E-state index is 11.8. The van der Waals surface area contributed by atoms with Gasteiger partial charge in [0.1, 0.15) is 0 Å². The second-order valence-corrected chi connectivity index (χ2v) is 6.20. The number of pyridine rings is 2. The number of fused-ring (bicyclic) bond motifs is 1. The van der Waals surface area contributed by atoms with Gasteiger partial charge in [-0.1, -0.05) is 11.6 Å². The van der Waals surface area contributed by atoms with Crippen molar-refractivity contribution in [3.8, 4) is 11.1 Å². The molecule has 3 aromatic heterocycles. The molecule has 23 heavy (non-hydrogen) atoms. The summed E-state index contributed by atoms with van der Waals surface area (Å²) < 4.78 is 1.86. The standard InChI is InChI=1S/C17H15ClN4O/c1-2-22-17-13(8-20-22)15(11-5-12(18)7-19-6-11)14(9-23)16(21-17)10-3-4-10/h5-10H,2-4H2,1H3. The first-order valence-corrected chi connectivity index (χ1v) is 8.06. The first kappa shape index (κ1) is 14.3. The Kier molecular flexibility index (Phi) is 3.38. The molecular formula is C17H15ClN4O. The number of nitrogens with zero attached hydrogens (tertiary/aromatic N) is 4. The fourth-order valence-corrected chi connectivity index (χ4v) is 3.17. The first-order valence-electron chi connectivity index (χ1n) is 7.68. The van der Waals surface area contributed by atoms with Gasteiger partial charge in [-0.25, -0.2) is 9.67 Å². The fraction of sp³-hybridized carbons (Fsp3) is 0.294. The summed E-state index contributed by atoms with van der Waals surface area (Å²) in [5, 5.41) is 5.81. The molecule has 0 amide bonds. The van der Waals surface area contributed by atoms with Gasteiger partial charge in [0.05, 0.1) is 16.9 Å². The van der Waals surface area contributed by atoms with Gasteiger partial charge in [-0.15, -0.1) is 0 Å². The van der Waals surface area contributed by atoms with Crippen LogP contribution in [0.15, 0.2) is 24.7 Å². The highest BCUT2D eigenvalue weighted by molar-refractivity contribution is 6.30. The van der Waals surface area contributed by atoms with E-state index >= 15 is 0 Å². The smallest absolute Gasteiger partial charge is 0.158 e. The van der Waals surface area contributed by atoms with Crippen LogP contribution in [0.5, 0.6) is 0 Å². The number of aromatic nitrogens is 4. The van der Waals surface area contributed by atoms with E-state index in [0.717, 1.165) is 53.5 Å². The summed E-state index contributed by atoms with van der Waals surface area (Å²) in [6, 6.07) is 1.83. The van der Waals surface area contributed by atoms with Crippen LogP contribution >= 0.6 is 11.6 Å². The SMILES string of the molecule is CCn1ncc2c(-c3cncc(Cl)c3)c(C=O)c(C3CC3)nc21. The zero-order chi connectivity index (χ0) is 16.0. The number of hydrogen-bond acceptors (Lipinski definition) is 4. The summed E-state index contributed by atoms with van der Waals surface area (Å²) in [4.78, 5) is 20.8. The van der Waals surface area contributed by atoms with E-state index in [4.69, 9.17) is 16.6 Å².